The number of aromatic nitrogens is 2. The minimum Gasteiger partial charge on any atom is -0.365 e. The molecule has 9 heteroatoms. The Morgan fingerprint density at radius 2 is 2.06 bits per heavy atom. The minimum atomic E-state index is -0.614. The summed E-state index contributed by atoms with van der Waals surface area (Å²) >= 11 is 0. The molecule has 0 saturated carbocycles. The third kappa shape index (κ3) is 3.63. The van der Waals surface area contributed by atoms with E-state index in [-0.39, 0.29) is 11.5 Å². The van der Waals surface area contributed by atoms with Crippen LogP contribution in [0.4, 0.5) is 23.1 Å². The highest BCUT2D eigenvalue weighted by Crippen LogP contribution is 2.29. The summed E-state index contributed by atoms with van der Waals surface area (Å²) in [6.07, 6.45) is 2.28. The Morgan fingerprint density at radius 1 is 1.19 bits per heavy atom. The van der Waals surface area contributed by atoms with E-state index in [9.17, 15) is 9.59 Å². The summed E-state index contributed by atoms with van der Waals surface area (Å²) in [5.41, 5.74) is 11.4. The fraction of sp³-hybridized carbons (Fsp3) is 0.217. The molecular formula is C23H23N7O2. The van der Waals surface area contributed by atoms with Gasteiger partial charge < -0.3 is 26.6 Å². The fourth-order valence-electron chi connectivity index (χ4n) is 4.15. The second kappa shape index (κ2) is 7.93. The van der Waals surface area contributed by atoms with Gasteiger partial charge in [0.15, 0.2) is 0 Å². The molecule has 0 bridgehead atoms. The molecule has 9 nitrogen and oxygen atoms in total. The maximum Gasteiger partial charge on any atom is 0.254 e. The van der Waals surface area contributed by atoms with Gasteiger partial charge in [-0.3, -0.25) is 9.59 Å². The largest absolute Gasteiger partial charge is 0.365 e. The zero-order valence-corrected chi connectivity index (χ0v) is 17.6. The fourth-order valence-corrected chi connectivity index (χ4v) is 4.15. The molecule has 2 amide bonds. The van der Waals surface area contributed by atoms with Crippen LogP contribution in [0.5, 0.6) is 0 Å². The van der Waals surface area contributed by atoms with Crippen LogP contribution in [0.3, 0.4) is 0 Å². The molecule has 3 aromatic rings. The Balaban J connectivity index is 1.46. The Morgan fingerprint density at radius 3 is 2.91 bits per heavy atom. The zero-order chi connectivity index (χ0) is 22.2. The highest BCUT2D eigenvalue weighted by atomic mass is 16.2. The van der Waals surface area contributed by atoms with Gasteiger partial charge in [0.1, 0.15) is 11.4 Å². The molecule has 0 saturated heterocycles. The predicted octanol–water partition coefficient (Wildman–Crippen LogP) is 2.29. The van der Waals surface area contributed by atoms with E-state index in [2.05, 4.69) is 32.0 Å². The molecule has 0 spiro atoms. The zero-order valence-electron chi connectivity index (χ0n) is 17.6. The Kier molecular flexibility index (Phi) is 4.95. The van der Waals surface area contributed by atoms with Crippen LogP contribution in [0.1, 0.15) is 37.4 Å². The van der Waals surface area contributed by atoms with Gasteiger partial charge in [-0.25, -0.2) is 4.98 Å². The first-order chi connectivity index (χ1) is 15.5. The highest BCUT2D eigenvalue weighted by Gasteiger charge is 2.24. The van der Waals surface area contributed by atoms with Crippen molar-refractivity contribution in [3.8, 4) is 0 Å². The number of carbonyl (C=O) groups is 2. The van der Waals surface area contributed by atoms with Gasteiger partial charge in [0.05, 0.1) is 0 Å². The van der Waals surface area contributed by atoms with E-state index in [1.54, 1.807) is 18.0 Å². The van der Waals surface area contributed by atoms with Crippen LogP contribution in [0.25, 0.3) is 0 Å². The van der Waals surface area contributed by atoms with E-state index in [4.69, 9.17) is 5.73 Å². The van der Waals surface area contributed by atoms with Crippen molar-refractivity contribution in [1.82, 2.24) is 20.2 Å². The second-order valence-electron chi connectivity index (χ2n) is 7.97. The van der Waals surface area contributed by atoms with Gasteiger partial charge in [-0.1, -0.05) is 18.2 Å². The average Bonchev–Trinajstić information content (AvgIpc) is 3.07. The van der Waals surface area contributed by atoms with Gasteiger partial charge in [-0.15, -0.1) is 0 Å². The predicted molar refractivity (Wildman–Crippen MR) is 121 cm³/mol. The van der Waals surface area contributed by atoms with E-state index in [0.717, 1.165) is 30.8 Å². The molecule has 1 aromatic heterocycles. The molecule has 0 aliphatic carbocycles. The minimum absolute atomic E-state index is 0.0145. The number of anilines is 4. The van der Waals surface area contributed by atoms with Gasteiger partial charge in [0.25, 0.3) is 11.8 Å². The van der Waals surface area contributed by atoms with Crippen molar-refractivity contribution in [3.05, 3.63) is 70.4 Å². The number of nitrogens with zero attached hydrogens (tertiary/aromatic N) is 3. The lowest BCUT2D eigenvalue weighted by molar-refractivity contribution is 0.0816. The van der Waals surface area contributed by atoms with Gasteiger partial charge in [-0.05, 0) is 47.9 Å². The smallest absolute Gasteiger partial charge is 0.254 e. The van der Waals surface area contributed by atoms with E-state index >= 15 is 0 Å². The summed E-state index contributed by atoms with van der Waals surface area (Å²) in [6.45, 7) is 2.29. The third-order valence-electron chi connectivity index (χ3n) is 5.80. The van der Waals surface area contributed by atoms with Crippen LogP contribution in [-0.2, 0) is 19.5 Å². The van der Waals surface area contributed by atoms with Gasteiger partial charge in [-0.2, -0.15) is 4.98 Å². The van der Waals surface area contributed by atoms with Crippen LogP contribution in [0.15, 0.2) is 42.6 Å². The molecule has 0 unspecified atom stereocenters. The molecule has 5 rings (SSSR count). The molecular weight excluding hydrogens is 406 g/mol. The van der Waals surface area contributed by atoms with E-state index in [1.807, 2.05) is 24.3 Å². The SMILES string of the molecule is CN1Cc2ccc(Nc3ncc(C(N)=O)c(Nc4cccc5c4CCNC5)n3)cc2C1=O. The first-order valence-electron chi connectivity index (χ1n) is 10.4. The first kappa shape index (κ1) is 20.0. The number of benzene rings is 2. The van der Waals surface area contributed by atoms with Crippen LogP contribution >= 0.6 is 0 Å². The molecule has 0 radical (unpaired) electrons. The molecule has 2 aliphatic heterocycles. The first-order valence-corrected chi connectivity index (χ1v) is 10.4. The molecule has 32 heavy (non-hydrogen) atoms. The Hall–Kier alpha value is -3.98. The third-order valence-corrected chi connectivity index (χ3v) is 5.80. The number of fused-ring (bicyclic) bond motifs is 2. The lowest BCUT2D eigenvalue weighted by Crippen LogP contribution is -2.24. The van der Waals surface area contributed by atoms with Crippen molar-refractivity contribution >= 4 is 35.0 Å². The van der Waals surface area contributed by atoms with Crippen LogP contribution < -0.4 is 21.7 Å². The van der Waals surface area contributed by atoms with Crippen LogP contribution in [0, 0.1) is 0 Å². The molecule has 5 N–H and O–H groups in total. The number of nitrogens with one attached hydrogen (secondary N) is 3. The number of nitrogens with two attached hydrogens (primary N) is 1. The number of rotatable bonds is 5. The molecule has 0 fully saturated rings. The monoisotopic (exact) mass is 429 g/mol. The molecule has 2 aromatic carbocycles. The normalized spacial score (nSPS) is 14.7. The van der Waals surface area contributed by atoms with Crippen molar-refractivity contribution in [2.24, 2.45) is 5.73 Å². The molecule has 2 aliphatic rings. The topological polar surface area (TPSA) is 125 Å². The standard InChI is InChI=1S/C23H23N7O2/c1-30-12-14-5-6-15(9-17(14)22(30)32)27-23-26-11-18(20(24)31)21(29-23)28-19-4-2-3-13-10-25-8-7-16(13)19/h2-6,9,11,25H,7-8,10,12H2,1H3,(H2,24,31)(H2,26,27,28,29). The summed E-state index contributed by atoms with van der Waals surface area (Å²) in [7, 11) is 1.78. The maximum absolute atomic E-state index is 12.3. The Labute approximate surface area is 185 Å². The van der Waals surface area contributed by atoms with Crippen molar-refractivity contribution in [2.75, 3.05) is 24.2 Å². The highest BCUT2D eigenvalue weighted by molar-refractivity contribution is 5.99. The van der Waals surface area contributed by atoms with Gasteiger partial charge >= 0.3 is 0 Å². The lowest BCUT2D eigenvalue weighted by Gasteiger charge is -2.21. The maximum atomic E-state index is 12.3. The quantitative estimate of drug-likeness (QED) is 0.490. The number of hydrogen-bond acceptors (Lipinski definition) is 7. The second-order valence-corrected chi connectivity index (χ2v) is 7.97. The molecule has 162 valence electrons. The van der Waals surface area contributed by atoms with E-state index < -0.39 is 5.91 Å². The summed E-state index contributed by atoms with van der Waals surface area (Å²) in [4.78, 5) is 34.7. The van der Waals surface area contributed by atoms with Crippen molar-refractivity contribution in [2.45, 2.75) is 19.5 Å². The number of primary amides is 1. The van der Waals surface area contributed by atoms with E-state index in [1.165, 1.54) is 17.3 Å². The van der Waals surface area contributed by atoms with Crippen molar-refractivity contribution in [3.63, 3.8) is 0 Å². The van der Waals surface area contributed by atoms with E-state index in [0.29, 0.717) is 29.6 Å². The number of amides is 2. The number of carbonyl (C=O) groups excluding carboxylic acids is 2. The molecule has 3 heterocycles. The van der Waals surface area contributed by atoms with Gasteiger partial charge in [0, 0.05) is 43.3 Å². The average molecular weight is 429 g/mol. The number of hydrogen-bond donors (Lipinski definition) is 4. The van der Waals surface area contributed by atoms with Crippen LogP contribution in [-0.4, -0.2) is 40.3 Å². The summed E-state index contributed by atoms with van der Waals surface area (Å²) in [5.74, 6) is -0.00219. The summed E-state index contributed by atoms with van der Waals surface area (Å²) in [5, 5.41) is 9.77. The van der Waals surface area contributed by atoms with Crippen molar-refractivity contribution in [1.29, 1.82) is 0 Å². The Bertz CT molecular complexity index is 1240. The summed E-state index contributed by atoms with van der Waals surface area (Å²) < 4.78 is 0. The molecule has 0 atom stereocenters. The summed E-state index contributed by atoms with van der Waals surface area (Å²) in [6, 6.07) is 11.6. The van der Waals surface area contributed by atoms with Gasteiger partial charge in [0.2, 0.25) is 5.95 Å². The van der Waals surface area contributed by atoms with Crippen LogP contribution in [0.2, 0.25) is 0 Å². The lowest BCUT2D eigenvalue weighted by atomic mass is 9.99. The van der Waals surface area contributed by atoms with Crippen molar-refractivity contribution < 1.29 is 9.59 Å².